The van der Waals surface area contributed by atoms with Crippen LogP contribution in [0.25, 0.3) is 0 Å². The van der Waals surface area contributed by atoms with Gasteiger partial charge in [0.2, 0.25) is 5.91 Å². The van der Waals surface area contributed by atoms with Gasteiger partial charge in [0.05, 0.1) is 12.2 Å². The number of aryl methyl sites for hydroxylation is 1. The maximum atomic E-state index is 11.7. The van der Waals surface area contributed by atoms with Crippen LogP contribution >= 0.6 is 0 Å². The van der Waals surface area contributed by atoms with Crippen molar-refractivity contribution in [1.82, 2.24) is 20.4 Å². The first-order chi connectivity index (χ1) is 8.41. The van der Waals surface area contributed by atoms with Gasteiger partial charge in [0.25, 0.3) is 0 Å². The summed E-state index contributed by atoms with van der Waals surface area (Å²) in [7, 11) is 1.90. The Morgan fingerprint density at radius 1 is 1.44 bits per heavy atom. The van der Waals surface area contributed by atoms with Crippen LogP contribution in [0.3, 0.4) is 0 Å². The molecule has 1 aromatic heterocycles. The molecule has 0 bridgehead atoms. The van der Waals surface area contributed by atoms with Crippen molar-refractivity contribution in [1.29, 1.82) is 0 Å². The van der Waals surface area contributed by atoms with E-state index in [0.717, 1.165) is 11.3 Å². The molecular weight excluding hydrogens is 228 g/mol. The number of hydrogen-bond acceptors (Lipinski definition) is 3. The highest BCUT2D eigenvalue weighted by Crippen LogP contribution is 2.15. The Morgan fingerprint density at radius 3 is 2.61 bits per heavy atom. The molecule has 2 N–H and O–H groups in total. The third-order valence-electron chi connectivity index (χ3n) is 3.02. The highest BCUT2D eigenvalue weighted by atomic mass is 16.1. The maximum absolute atomic E-state index is 11.7. The van der Waals surface area contributed by atoms with E-state index < -0.39 is 0 Å². The molecule has 1 unspecified atom stereocenters. The summed E-state index contributed by atoms with van der Waals surface area (Å²) < 4.78 is 1.82. The molecule has 1 heterocycles. The minimum atomic E-state index is 0.00486. The van der Waals surface area contributed by atoms with Crippen molar-refractivity contribution in [3.63, 3.8) is 0 Å². The zero-order valence-electron chi connectivity index (χ0n) is 11.9. The predicted octanol–water partition coefficient (Wildman–Crippen LogP) is 1.29. The van der Waals surface area contributed by atoms with Gasteiger partial charge in [0.1, 0.15) is 0 Å². The van der Waals surface area contributed by atoms with Gasteiger partial charge in [-0.1, -0.05) is 13.8 Å². The molecule has 0 radical (unpaired) electrons. The molecule has 0 saturated heterocycles. The van der Waals surface area contributed by atoms with Crippen molar-refractivity contribution in [3.05, 3.63) is 17.5 Å². The van der Waals surface area contributed by atoms with E-state index in [1.165, 1.54) is 0 Å². The molecule has 0 aliphatic heterocycles. The number of rotatable bonds is 6. The molecule has 102 valence electrons. The third-order valence-corrected chi connectivity index (χ3v) is 3.02. The van der Waals surface area contributed by atoms with Gasteiger partial charge in [0, 0.05) is 37.3 Å². The fourth-order valence-corrected chi connectivity index (χ4v) is 1.81. The van der Waals surface area contributed by atoms with Crippen molar-refractivity contribution < 1.29 is 4.79 Å². The SMILES string of the molecule is Cc1c(C(C)NC(=O)CCNC(C)C)cnn1C. The number of carbonyl (C=O) groups excluding carboxylic acids is 1. The van der Waals surface area contributed by atoms with Crippen LogP contribution in [0.5, 0.6) is 0 Å². The molecule has 18 heavy (non-hydrogen) atoms. The summed E-state index contributed by atoms with van der Waals surface area (Å²) in [6.45, 7) is 8.84. The summed E-state index contributed by atoms with van der Waals surface area (Å²) in [5.41, 5.74) is 2.16. The average molecular weight is 252 g/mol. The number of nitrogens with zero attached hydrogens (tertiary/aromatic N) is 2. The molecule has 0 fully saturated rings. The molecular formula is C13H24N4O. The van der Waals surface area contributed by atoms with Gasteiger partial charge < -0.3 is 10.6 Å². The topological polar surface area (TPSA) is 59.0 Å². The highest BCUT2D eigenvalue weighted by Gasteiger charge is 2.14. The lowest BCUT2D eigenvalue weighted by atomic mass is 10.1. The zero-order valence-corrected chi connectivity index (χ0v) is 11.9. The average Bonchev–Trinajstić information content (AvgIpc) is 2.59. The second kappa shape index (κ2) is 6.54. The fraction of sp³-hybridized carbons (Fsp3) is 0.692. The number of amides is 1. The Morgan fingerprint density at radius 2 is 2.11 bits per heavy atom. The van der Waals surface area contributed by atoms with Crippen molar-refractivity contribution >= 4 is 5.91 Å². The predicted molar refractivity (Wildman–Crippen MR) is 72.3 cm³/mol. The molecule has 1 aromatic rings. The van der Waals surface area contributed by atoms with Gasteiger partial charge in [-0.3, -0.25) is 9.48 Å². The van der Waals surface area contributed by atoms with Gasteiger partial charge in [-0.2, -0.15) is 5.10 Å². The number of carbonyl (C=O) groups is 1. The summed E-state index contributed by atoms with van der Waals surface area (Å²) in [6, 6.07) is 0.418. The van der Waals surface area contributed by atoms with Gasteiger partial charge in [-0.05, 0) is 13.8 Å². The molecule has 0 aromatic carbocycles. The van der Waals surface area contributed by atoms with Gasteiger partial charge in [-0.15, -0.1) is 0 Å². The van der Waals surface area contributed by atoms with Crippen molar-refractivity contribution in [2.75, 3.05) is 6.54 Å². The van der Waals surface area contributed by atoms with E-state index in [9.17, 15) is 4.79 Å². The number of aromatic nitrogens is 2. The summed E-state index contributed by atoms with van der Waals surface area (Å²) in [5.74, 6) is 0.0684. The molecule has 0 spiro atoms. The number of hydrogen-bond donors (Lipinski definition) is 2. The van der Waals surface area contributed by atoms with Gasteiger partial charge >= 0.3 is 0 Å². The zero-order chi connectivity index (χ0) is 13.7. The van der Waals surface area contributed by atoms with Crippen LogP contribution in [-0.4, -0.2) is 28.3 Å². The normalized spacial score (nSPS) is 12.8. The van der Waals surface area contributed by atoms with Crippen LogP contribution in [0.1, 0.15) is 44.5 Å². The largest absolute Gasteiger partial charge is 0.349 e. The fourth-order valence-electron chi connectivity index (χ4n) is 1.81. The van der Waals surface area contributed by atoms with Gasteiger partial charge in [-0.25, -0.2) is 0 Å². The Kier molecular flexibility index (Phi) is 5.34. The maximum Gasteiger partial charge on any atom is 0.221 e. The van der Waals surface area contributed by atoms with E-state index >= 15 is 0 Å². The van der Waals surface area contributed by atoms with Crippen LogP contribution in [0, 0.1) is 6.92 Å². The Hall–Kier alpha value is -1.36. The van der Waals surface area contributed by atoms with E-state index in [1.807, 2.05) is 31.8 Å². The first-order valence-corrected chi connectivity index (χ1v) is 6.43. The molecule has 0 aliphatic rings. The summed E-state index contributed by atoms with van der Waals surface area (Å²) >= 11 is 0. The van der Waals surface area contributed by atoms with Crippen LogP contribution in [-0.2, 0) is 11.8 Å². The third kappa shape index (κ3) is 4.14. The quantitative estimate of drug-likeness (QED) is 0.802. The molecule has 0 aliphatic carbocycles. The van der Waals surface area contributed by atoms with Gasteiger partial charge in [0.15, 0.2) is 0 Å². The first-order valence-electron chi connectivity index (χ1n) is 6.43. The van der Waals surface area contributed by atoms with E-state index in [0.29, 0.717) is 19.0 Å². The molecule has 1 atom stereocenters. The van der Waals surface area contributed by atoms with Crippen molar-refractivity contribution in [2.24, 2.45) is 7.05 Å². The smallest absolute Gasteiger partial charge is 0.221 e. The monoisotopic (exact) mass is 252 g/mol. The Bertz CT molecular complexity index is 398. The summed E-state index contributed by atoms with van der Waals surface area (Å²) in [5, 5.41) is 10.4. The van der Waals surface area contributed by atoms with Crippen LogP contribution in [0.4, 0.5) is 0 Å². The summed E-state index contributed by atoms with van der Waals surface area (Å²) in [6.07, 6.45) is 2.31. The Labute approximate surface area is 109 Å². The second-order valence-corrected chi connectivity index (χ2v) is 4.96. The molecule has 1 rings (SSSR count). The Balaban J connectivity index is 2.42. The lowest BCUT2D eigenvalue weighted by Crippen LogP contribution is -2.32. The van der Waals surface area contributed by atoms with E-state index in [2.05, 4.69) is 29.6 Å². The minimum Gasteiger partial charge on any atom is -0.349 e. The first kappa shape index (κ1) is 14.7. The van der Waals surface area contributed by atoms with E-state index in [4.69, 9.17) is 0 Å². The van der Waals surface area contributed by atoms with Crippen LogP contribution in [0.15, 0.2) is 6.20 Å². The highest BCUT2D eigenvalue weighted by molar-refractivity contribution is 5.76. The van der Waals surface area contributed by atoms with E-state index in [-0.39, 0.29) is 11.9 Å². The van der Waals surface area contributed by atoms with Crippen LogP contribution in [0.2, 0.25) is 0 Å². The molecule has 1 amide bonds. The minimum absolute atomic E-state index is 0.00486. The molecule has 0 saturated carbocycles. The lowest BCUT2D eigenvalue weighted by molar-refractivity contribution is -0.121. The molecule has 5 heteroatoms. The summed E-state index contributed by atoms with van der Waals surface area (Å²) in [4.78, 5) is 11.7. The van der Waals surface area contributed by atoms with Crippen molar-refractivity contribution in [2.45, 2.75) is 46.2 Å². The van der Waals surface area contributed by atoms with Crippen LogP contribution < -0.4 is 10.6 Å². The number of nitrogens with one attached hydrogen (secondary N) is 2. The standard InChI is InChI=1S/C13H24N4O/c1-9(2)14-7-6-13(18)16-10(3)12-8-15-17(5)11(12)4/h8-10,14H,6-7H2,1-5H3,(H,16,18). The second-order valence-electron chi connectivity index (χ2n) is 4.96. The van der Waals surface area contributed by atoms with E-state index in [1.54, 1.807) is 0 Å². The molecule has 5 nitrogen and oxygen atoms in total. The van der Waals surface area contributed by atoms with Crippen molar-refractivity contribution in [3.8, 4) is 0 Å². The lowest BCUT2D eigenvalue weighted by Gasteiger charge is -2.14.